The predicted molar refractivity (Wildman–Crippen MR) is 153 cm³/mol. The number of piperazine rings is 1. The highest BCUT2D eigenvalue weighted by Gasteiger charge is 2.45. The minimum Gasteiger partial charge on any atom is -0.380 e. The summed E-state index contributed by atoms with van der Waals surface area (Å²) in [4.78, 5) is 16.2. The Kier molecular flexibility index (Phi) is 11.3. The van der Waals surface area contributed by atoms with Crippen LogP contribution in [0.5, 0.6) is 0 Å². The van der Waals surface area contributed by atoms with Crippen LogP contribution in [0.2, 0.25) is 0 Å². The zero-order valence-electron chi connectivity index (χ0n) is 23.9. The number of hydrogen-bond acceptors (Lipinski definition) is 8. The van der Waals surface area contributed by atoms with Crippen molar-refractivity contribution >= 4 is 41.9 Å². The van der Waals surface area contributed by atoms with Gasteiger partial charge in [-0.1, -0.05) is 0 Å². The molecule has 1 amide bonds. The maximum Gasteiger partial charge on any atom is 0.346 e. The van der Waals surface area contributed by atoms with Crippen LogP contribution in [0.1, 0.15) is 41.5 Å². The Labute approximate surface area is 237 Å². The molecule has 3 heterocycles. The van der Waals surface area contributed by atoms with Crippen LogP contribution < -0.4 is 0 Å². The van der Waals surface area contributed by atoms with E-state index in [1.165, 1.54) is 0 Å². The molecule has 0 aromatic heterocycles. The summed E-state index contributed by atoms with van der Waals surface area (Å²) in [6, 6.07) is -1.10. The molecule has 5 atom stereocenters. The van der Waals surface area contributed by atoms with E-state index >= 15 is 0 Å². The van der Waals surface area contributed by atoms with Gasteiger partial charge in [0.05, 0.1) is 36.8 Å². The van der Waals surface area contributed by atoms with E-state index in [1.54, 1.807) is 9.57 Å². The first-order valence-corrected chi connectivity index (χ1v) is 15.6. The summed E-state index contributed by atoms with van der Waals surface area (Å²) in [6.07, 6.45) is -0.703. The van der Waals surface area contributed by atoms with E-state index in [2.05, 4.69) is 38.3 Å². The maximum absolute atomic E-state index is 14.8. The van der Waals surface area contributed by atoms with E-state index in [4.69, 9.17) is 34.4 Å². The monoisotopic (exact) mass is 570 g/mol. The van der Waals surface area contributed by atoms with Crippen LogP contribution in [0.15, 0.2) is 0 Å². The van der Waals surface area contributed by atoms with Crippen molar-refractivity contribution in [2.75, 3.05) is 71.3 Å². The van der Waals surface area contributed by atoms with E-state index in [-0.39, 0.29) is 48.2 Å². The highest BCUT2D eigenvalue weighted by atomic mass is 32.1. The van der Waals surface area contributed by atoms with Gasteiger partial charge in [0, 0.05) is 69.9 Å². The Morgan fingerprint density at radius 2 is 1.47 bits per heavy atom. The predicted octanol–water partition coefficient (Wildman–Crippen LogP) is 1.19. The van der Waals surface area contributed by atoms with Crippen molar-refractivity contribution in [3.63, 3.8) is 0 Å². The Morgan fingerprint density at radius 3 is 2.03 bits per heavy atom. The van der Waals surface area contributed by atoms with Gasteiger partial charge < -0.3 is 23.6 Å². The van der Waals surface area contributed by atoms with Gasteiger partial charge in [0.2, 0.25) is 5.91 Å². The molecular weight excluding hydrogens is 525 g/mol. The highest BCUT2D eigenvalue weighted by Crippen LogP contribution is 2.55. The molecular formula is C24H45B2N4O6PS. The van der Waals surface area contributed by atoms with Crippen LogP contribution in [0.4, 0.5) is 0 Å². The fraction of sp³-hybridized carbons (Fsp3) is 0.958. The van der Waals surface area contributed by atoms with Crippen LogP contribution >= 0.6 is 20.3 Å². The number of carbonyl (C=O) groups excluding carboxylic acids is 1. The summed E-state index contributed by atoms with van der Waals surface area (Å²) < 4.78 is 42.7. The minimum atomic E-state index is -3.57. The smallest absolute Gasteiger partial charge is 0.346 e. The second kappa shape index (κ2) is 13.3. The van der Waals surface area contributed by atoms with Gasteiger partial charge in [0.25, 0.3) is 0 Å². The lowest BCUT2D eigenvalue weighted by Crippen LogP contribution is -2.56. The molecule has 3 saturated heterocycles. The fourth-order valence-corrected chi connectivity index (χ4v) is 7.51. The topological polar surface area (TPSA) is 84.0 Å². The second-order valence-corrected chi connectivity index (χ2v) is 14.9. The molecule has 214 valence electrons. The molecule has 10 nitrogen and oxygen atoms in total. The van der Waals surface area contributed by atoms with Gasteiger partial charge >= 0.3 is 7.67 Å². The van der Waals surface area contributed by atoms with Crippen molar-refractivity contribution in [3.05, 3.63) is 0 Å². The van der Waals surface area contributed by atoms with Gasteiger partial charge in [-0.25, -0.2) is 9.34 Å². The average molecular weight is 570 g/mol. The van der Waals surface area contributed by atoms with E-state index in [9.17, 15) is 9.36 Å². The minimum absolute atomic E-state index is 0.0385. The SMILES string of the molecule is [B]C1CN(C(C)(C)C)CC(COP(=O)(N2CCN(C(=O)CS)CC2)N2CC([B])OC(COC(C)(C)C)C2)O1. The average Bonchev–Trinajstić information content (AvgIpc) is 2.84. The van der Waals surface area contributed by atoms with Crippen LogP contribution in [-0.4, -0.2) is 147 Å². The van der Waals surface area contributed by atoms with Gasteiger partial charge in [-0.3, -0.25) is 14.3 Å². The lowest BCUT2D eigenvalue weighted by atomic mass is 9.94. The van der Waals surface area contributed by atoms with Crippen molar-refractivity contribution in [2.24, 2.45) is 0 Å². The van der Waals surface area contributed by atoms with E-state index in [0.717, 1.165) is 0 Å². The number of carbonyl (C=O) groups is 1. The van der Waals surface area contributed by atoms with Crippen molar-refractivity contribution in [3.8, 4) is 0 Å². The number of amides is 1. The molecule has 3 fully saturated rings. The van der Waals surface area contributed by atoms with E-state index < -0.39 is 19.7 Å². The normalized spacial score (nSPS) is 30.8. The largest absolute Gasteiger partial charge is 0.380 e. The molecule has 0 spiro atoms. The molecule has 0 saturated carbocycles. The van der Waals surface area contributed by atoms with Crippen LogP contribution in [0, 0.1) is 0 Å². The van der Waals surface area contributed by atoms with Gasteiger partial charge in [0.1, 0.15) is 15.7 Å². The zero-order valence-corrected chi connectivity index (χ0v) is 25.7. The van der Waals surface area contributed by atoms with Crippen LogP contribution in [0.25, 0.3) is 0 Å². The van der Waals surface area contributed by atoms with Crippen LogP contribution in [0.3, 0.4) is 0 Å². The van der Waals surface area contributed by atoms with Gasteiger partial charge in [-0.2, -0.15) is 12.6 Å². The number of hydrogen-bond donors (Lipinski definition) is 1. The summed E-state index contributed by atoms with van der Waals surface area (Å²) in [5.41, 5.74) is -0.432. The molecule has 0 bridgehead atoms. The summed E-state index contributed by atoms with van der Waals surface area (Å²) in [6.45, 7) is 16.3. The molecule has 4 radical (unpaired) electrons. The van der Waals surface area contributed by atoms with Crippen molar-refractivity contribution in [1.82, 2.24) is 19.1 Å². The highest BCUT2D eigenvalue weighted by molar-refractivity contribution is 7.81. The molecule has 5 unspecified atom stereocenters. The van der Waals surface area contributed by atoms with Gasteiger partial charge in [-0.05, 0) is 41.5 Å². The first-order valence-electron chi connectivity index (χ1n) is 13.5. The molecule has 3 rings (SSSR count). The molecule has 38 heavy (non-hydrogen) atoms. The standard InChI is InChI=1S/C24H45B2N4O6PS/c1-23(2,3)28-11-18(35-20(25)13-28)16-34-37(32,29-9-7-27(8-10-29)22(31)17-38)30-12-19(36-21(26)14-30)15-33-24(4,5)6/h18-21,38H,7-17H2,1-6H3. The molecule has 14 heteroatoms. The molecule has 0 aromatic carbocycles. The van der Waals surface area contributed by atoms with Gasteiger partial charge in [0.15, 0.2) is 0 Å². The lowest BCUT2D eigenvalue weighted by molar-refractivity contribution is -0.129. The maximum atomic E-state index is 14.8. The second-order valence-electron chi connectivity index (χ2n) is 12.2. The van der Waals surface area contributed by atoms with Crippen molar-refractivity contribution in [2.45, 2.75) is 76.9 Å². The quantitative estimate of drug-likeness (QED) is 0.263. The number of ether oxygens (including phenoxy) is 3. The first kappa shape index (κ1) is 32.4. The Morgan fingerprint density at radius 1 is 0.895 bits per heavy atom. The summed E-state index contributed by atoms with van der Waals surface area (Å²) in [7, 11) is 8.89. The summed E-state index contributed by atoms with van der Waals surface area (Å²) in [5.74, 6) is 0.106. The Bertz CT molecular complexity index is 840. The number of nitrogens with zero attached hydrogens (tertiary/aromatic N) is 4. The number of morpholine rings is 2. The molecule has 3 aliphatic rings. The molecule has 0 aromatic rings. The molecule has 3 aliphatic heterocycles. The van der Waals surface area contributed by atoms with Crippen LogP contribution in [-0.2, 0) is 28.1 Å². The first-order chi connectivity index (χ1) is 17.6. The Balaban J connectivity index is 1.77. The zero-order chi connectivity index (χ0) is 28.3. The summed E-state index contributed by atoms with van der Waals surface area (Å²) >= 11 is 4.11. The number of thiol groups is 1. The van der Waals surface area contributed by atoms with E-state index in [1.807, 2.05) is 25.4 Å². The Hall–Kier alpha value is -0.100. The lowest BCUT2D eigenvalue weighted by Gasteiger charge is -2.47. The third kappa shape index (κ3) is 8.95. The van der Waals surface area contributed by atoms with E-state index in [0.29, 0.717) is 52.4 Å². The molecule has 0 aliphatic carbocycles. The van der Waals surface area contributed by atoms with Gasteiger partial charge in [-0.15, -0.1) is 0 Å². The van der Waals surface area contributed by atoms with Crippen molar-refractivity contribution < 1.29 is 28.1 Å². The third-order valence-electron chi connectivity index (χ3n) is 6.90. The number of rotatable bonds is 8. The third-order valence-corrected chi connectivity index (χ3v) is 9.81. The fourth-order valence-electron chi connectivity index (χ4n) is 4.82. The molecule has 0 N–H and O–H groups in total. The summed E-state index contributed by atoms with van der Waals surface area (Å²) in [5, 5.41) is 0. The van der Waals surface area contributed by atoms with Crippen molar-refractivity contribution in [1.29, 1.82) is 0 Å².